The van der Waals surface area contributed by atoms with E-state index in [1.807, 2.05) is 30.3 Å². The minimum Gasteiger partial charge on any atom is -0.464 e. The maximum Gasteiger partial charge on any atom is 0.356 e. The molecule has 0 amide bonds. The third-order valence-corrected chi connectivity index (χ3v) is 4.18. The van der Waals surface area contributed by atoms with Crippen molar-refractivity contribution in [2.75, 3.05) is 20.3 Å². The molecule has 3 heterocycles. The molecule has 6 heteroatoms. The Labute approximate surface area is 147 Å². The molecule has 1 fully saturated rings. The molecule has 25 heavy (non-hydrogen) atoms. The van der Waals surface area contributed by atoms with Crippen molar-refractivity contribution >= 4 is 5.97 Å². The molecule has 0 radical (unpaired) electrons. The third-order valence-electron chi connectivity index (χ3n) is 4.18. The van der Waals surface area contributed by atoms with Gasteiger partial charge in [0.05, 0.1) is 24.6 Å². The quantitative estimate of drug-likeness (QED) is 0.721. The number of carbonyl (C=O) groups excluding carboxylic acids is 1. The monoisotopic (exact) mass is 341 g/mol. The normalized spacial score (nSPS) is 17.0. The van der Waals surface area contributed by atoms with E-state index in [-0.39, 0.29) is 6.10 Å². The largest absolute Gasteiger partial charge is 0.464 e. The number of esters is 1. The van der Waals surface area contributed by atoms with E-state index < -0.39 is 5.97 Å². The molecule has 1 atom stereocenters. The number of pyridine rings is 2. The highest BCUT2D eigenvalue weighted by molar-refractivity contribution is 5.87. The van der Waals surface area contributed by atoms with Crippen LogP contribution in [0.15, 0.2) is 42.6 Å². The fourth-order valence-electron chi connectivity index (χ4n) is 3.00. The van der Waals surface area contributed by atoms with Crippen LogP contribution in [0.2, 0.25) is 0 Å². The van der Waals surface area contributed by atoms with Crippen LogP contribution >= 0.6 is 0 Å². The van der Waals surface area contributed by atoms with Gasteiger partial charge in [-0.2, -0.15) is 0 Å². The number of hydrogen-bond donors (Lipinski definition) is 0. The Balaban J connectivity index is 1.73. The number of carbonyl (C=O) groups is 1. The molecule has 0 N–H and O–H groups in total. The van der Waals surface area contributed by atoms with Crippen molar-refractivity contribution in [1.29, 1.82) is 0 Å². The summed E-state index contributed by atoms with van der Waals surface area (Å²) in [5.74, 6) is -0.419. The Bertz CT molecular complexity index is 687. The molecule has 0 aliphatic carbocycles. The number of aromatic nitrogens is 2. The first-order chi connectivity index (χ1) is 12.2. The van der Waals surface area contributed by atoms with Gasteiger partial charge in [-0.1, -0.05) is 12.1 Å². The van der Waals surface area contributed by atoms with Crippen LogP contribution in [-0.4, -0.2) is 47.2 Å². The van der Waals surface area contributed by atoms with Crippen molar-refractivity contribution in [3.63, 3.8) is 0 Å². The number of ether oxygens (including phenoxy) is 2. The van der Waals surface area contributed by atoms with Gasteiger partial charge in [-0.15, -0.1) is 0 Å². The summed E-state index contributed by atoms with van der Waals surface area (Å²) in [6.07, 6.45) is 4.23. The van der Waals surface area contributed by atoms with Crippen LogP contribution < -0.4 is 0 Å². The van der Waals surface area contributed by atoms with Gasteiger partial charge in [-0.3, -0.25) is 9.88 Å². The zero-order valence-electron chi connectivity index (χ0n) is 14.4. The molecule has 132 valence electrons. The average molecular weight is 341 g/mol. The summed E-state index contributed by atoms with van der Waals surface area (Å²) in [5.41, 5.74) is 2.16. The first-order valence-electron chi connectivity index (χ1n) is 8.52. The Morgan fingerprint density at radius 1 is 1.24 bits per heavy atom. The standard InChI is InChI=1S/C19H23N3O3/c1-24-19(23)18-9-4-7-16(21-18)13-22(14-17-8-5-11-25-17)12-15-6-2-3-10-20-15/h2-4,6-7,9-10,17H,5,8,11-14H2,1H3. The summed E-state index contributed by atoms with van der Waals surface area (Å²) in [4.78, 5) is 22.8. The van der Waals surface area contributed by atoms with Gasteiger partial charge in [0.25, 0.3) is 0 Å². The average Bonchev–Trinajstić information content (AvgIpc) is 3.15. The van der Waals surface area contributed by atoms with Gasteiger partial charge in [0.1, 0.15) is 5.69 Å². The van der Waals surface area contributed by atoms with Gasteiger partial charge in [0.15, 0.2) is 0 Å². The molecule has 0 aromatic carbocycles. The van der Waals surface area contributed by atoms with Crippen molar-refractivity contribution < 1.29 is 14.3 Å². The van der Waals surface area contributed by atoms with Crippen LogP contribution in [0, 0.1) is 0 Å². The van der Waals surface area contributed by atoms with Gasteiger partial charge in [-0.25, -0.2) is 9.78 Å². The second-order valence-electron chi connectivity index (χ2n) is 6.13. The van der Waals surface area contributed by atoms with Gasteiger partial charge >= 0.3 is 5.97 Å². The van der Waals surface area contributed by atoms with E-state index in [1.165, 1.54) is 7.11 Å². The zero-order valence-corrected chi connectivity index (χ0v) is 14.4. The van der Waals surface area contributed by atoms with Crippen LogP contribution in [0.1, 0.15) is 34.7 Å². The summed E-state index contributed by atoms with van der Waals surface area (Å²) >= 11 is 0. The Morgan fingerprint density at radius 3 is 2.80 bits per heavy atom. The number of rotatable bonds is 7. The van der Waals surface area contributed by atoms with Crippen LogP contribution in [0.5, 0.6) is 0 Å². The third kappa shape index (κ3) is 5.08. The van der Waals surface area contributed by atoms with E-state index >= 15 is 0 Å². The summed E-state index contributed by atoms with van der Waals surface area (Å²) in [5, 5.41) is 0. The van der Waals surface area contributed by atoms with Crippen molar-refractivity contribution in [2.45, 2.75) is 32.0 Å². The molecule has 1 aliphatic rings. The van der Waals surface area contributed by atoms with Gasteiger partial charge in [-0.05, 0) is 37.1 Å². The summed E-state index contributed by atoms with van der Waals surface area (Å²) in [7, 11) is 1.36. The van der Waals surface area contributed by atoms with Crippen LogP contribution in [0.4, 0.5) is 0 Å². The first-order valence-corrected chi connectivity index (χ1v) is 8.52. The molecule has 0 saturated carbocycles. The first kappa shape index (κ1) is 17.5. The molecule has 1 unspecified atom stereocenters. The predicted octanol–water partition coefficient (Wildman–Crippen LogP) is 2.44. The number of methoxy groups -OCH3 is 1. The van der Waals surface area contributed by atoms with E-state index in [0.29, 0.717) is 18.8 Å². The molecule has 6 nitrogen and oxygen atoms in total. The fourth-order valence-corrected chi connectivity index (χ4v) is 3.00. The van der Waals surface area contributed by atoms with Gasteiger partial charge in [0.2, 0.25) is 0 Å². The lowest BCUT2D eigenvalue weighted by Crippen LogP contribution is -2.32. The van der Waals surface area contributed by atoms with Gasteiger partial charge < -0.3 is 9.47 Å². The lowest BCUT2D eigenvalue weighted by Gasteiger charge is -2.24. The smallest absolute Gasteiger partial charge is 0.356 e. The van der Waals surface area contributed by atoms with Crippen LogP contribution in [0.25, 0.3) is 0 Å². The summed E-state index contributed by atoms with van der Waals surface area (Å²) < 4.78 is 10.5. The summed E-state index contributed by atoms with van der Waals surface area (Å²) in [6.45, 7) is 2.99. The van der Waals surface area contributed by atoms with E-state index in [0.717, 1.165) is 37.4 Å². The summed E-state index contributed by atoms with van der Waals surface area (Å²) in [6, 6.07) is 11.3. The van der Waals surface area contributed by atoms with Crippen LogP contribution in [-0.2, 0) is 22.6 Å². The second-order valence-corrected chi connectivity index (χ2v) is 6.13. The molecular weight excluding hydrogens is 318 g/mol. The molecule has 2 aromatic rings. The molecule has 1 saturated heterocycles. The molecule has 1 aliphatic heterocycles. The highest BCUT2D eigenvalue weighted by Gasteiger charge is 2.20. The van der Waals surface area contributed by atoms with Crippen molar-refractivity contribution in [1.82, 2.24) is 14.9 Å². The van der Waals surface area contributed by atoms with Crippen molar-refractivity contribution in [3.05, 3.63) is 59.7 Å². The molecule has 0 spiro atoms. The lowest BCUT2D eigenvalue weighted by molar-refractivity contribution is 0.0590. The Morgan fingerprint density at radius 2 is 2.08 bits per heavy atom. The number of nitrogens with zero attached hydrogens (tertiary/aromatic N) is 3. The maximum atomic E-state index is 11.7. The fraction of sp³-hybridized carbons (Fsp3) is 0.421. The van der Waals surface area contributed by atoms with Crippen molar-refractivity contribution in [2.24, 2.45) is 0 Å². The minimum atomic E-state index is -0.419. The van der Waals surface area contributed by atoms with Gasteiger partial charge in [0, 0.05) is 32.4 Å². The van der Waals surface area contributed by atoms with E-state index in [4.69, 9.17) is 9.47 Å². The van der Waals surface area contributed by atoms with E-state index in [9.17, 15) is 4.79 Å². The Kier molecular flexibility index (Phi) is 6.09. The molecule has 0 bridgehead atoms. The van der Waals surface area contributed by atoms with Crippen LogP contribution in [0.3, 0.4) is 0 Å². The minimum absolute atomic E-state index is 0.243. The van der Waals surface area contributed by atoms with E-state index in [2.05, 4.69) is 14.9 Å². The maximum absolute atomic E-state index is 11.7. The topological polar surface area (TPSA) is 64.5 Å². The van der Waals surface area contributed by atoms with Crippen molar-refractivity contribution in [3.8, 4) is 0 Å². The highest BCUT2D eigenvalue weighted by Crippen LogP contribution is 2.16. The van der Waals surface area contributed by atoms with E-state index in [1.54, 1.807) is 12.3 Å². The molecular formula is C19H23N3O3. The zero-order chi connectivity index (χ0) is 17.5. The SMILES string of the molecule is COC(=O)c1cccc(CN(Cc2ccccn2)CC2CCCO2)n1. The lowest BCUT2D eigenvalue weighted by atomic mass is 10.2. The molecule has 2 aromatic heterocycles. The highest BCUT2D eigenvalue weighted by atomic mass is 16.5. The molecule has 3 rings (SSSR count). The Hall–Kier alpha value is -2.31. The predicted molar refractivity (Wildman–Crippen MR) is 92.9 cm³/mol. The number of hydrogen-bond acceptors (Lipinski definition) is 6. The second kappa shape index (κ2) is 8.69.